The summed E-state index contributed by atoms with van der Waals surface area (Å²) in [6, 6.07) is 1.30. The predicted octanol–water partition coefficient (Wildman–Crippen LogP) is 0.856. The average molecular weight is 281 g/mol. The van der Waals surface area contributed by atoms with Crippen molar-refractivity contribution in [3.8, 4) is 12.0 Å². The molecular formula is C13H23N5O2. The Morgan fingerprint density at radius 2 is 1.80 bits per heavy atom. The highest BCUT2D eigenvalue weighted by atomic mass is 16.5. The van der Waals surface area contributed by atoms with Crippen LogP contribution in [-0.2, 0) is 0 Å². The van der Waals surface area contributed by atoms with E-state index in [-0.39, 0.29) is 12.0 Å². The summed E-state index contributed by atoms with van der Waals surface area (Å²) in [5.74, 6) is 0.625. The van der Waals surface area contributed by atoms with Crippen molar-refractivity contribution in [2.45, 2.75) is 38.3 Å². The van der Waals surface area contributed by atoms with Crippen LogP contribution in [-0.4, -0.2) is 54.8 Å². The van der Waals surface area contributed by atoms with Gasteiger partial charge in [-0.25, -0.2) is 0 Å². The molecule has 1 aliphatic rings. The molecule has 1 aliphatic heterocycles. The highest BCUT2D eigenvalue weighted by Gasteiger charge is 2.29. The lowest BCUT2D eigenvalue weighted by Crippen LogP contribution is -2.51. The van der Waals surface area contributed by atoms with Crippen molar-refractivity contribution < 1.29 is 9.47 Å². The number of ether oxygens (including phenoxy) is 2. The summed E-state index contributed by atoms with van der Waals surface area (Å²) in [4.78, 5) is 15.0. The number of nitrogens with one attached hydrogen (secondary N) is 1. The van der Waals surface area contributed by atoms with E-state index in [2.05, 4.69) is 32.1 Å². The highest BCUT2D eigenvalue weighted by molar-refractivity contribution is 5.35. The van der Waals surface area contributed by atoms with E-state index in [9.17, 15) is 0 Å². The molecule has 0 saturated carbocycles. The molecule has 2 atom stereocenters. The van der Waals surface area contributed by atoms with Crippen molar-refractivity contribution >= 4 is 5.95 Å². The third kappa shape index (κ3) is 3.09. The highest BCUT2D eigenvalue weighted by Crippen LogP contribution is 2.26. The minimum atomic E-state index is 0.285. The maximum absolute atomic E-state index is 5.13. The van der Waals surface area contributed by atoms with E-state index < -0.39 is 0 Å². The van der Waals surface area contributed by atoms with Crippen molar-refractivity contribution in [2.75, 3.05) is 32.7 Å². The summed E-state index contributed by atoms with van der Waals surface area (Å²) in [7, 11) is 5.07. The minimum Gasteiger partial charge on any atom is -0.467 e. The van der Waals surface area contributed by atoms with Crippen LogP contribution in [0, 0.1) is 0 Å². The molecule has 112 valence electrons. The maximum atomic E-state index is 5.13. The molecule has 2 rings (SSSR count). The Labute approximate surface area is 119 Å². The Hall–Kier alpha value is -1.63. The van der Waals surface area contributed by atoms with Crippen LogP contribution in [0.3, 0.4) is 0 Å². The maximum Gasteiger partial charge on any atom is 0.324 e. The summed E-state index contributed by atoms with van der Waals surface area (Å²) in [5.41, 5.74) is 0. The van der Waals surface area contributed by atoms with Crippen LogP contribution in [0.25, 0.3) is 0 Å². The standard InChI is InChI=1S/C13H23N5O2/c1-9(14-2)10-7-5-6-8-18(10)11-15-12(19-3)17-13(16-11)20-4/h9-10,14H,5-8H2,1-4H3. The fraction of sp³-hybridized carbons (Fsp3) is 0.769. The van der Waals surface area contributed by atoms with Crippen LogP contribution >= 0.6 is 0 Å². The second kappa shape index (κ2) is 6.69. The Balaban J connectivity index is 2.31. The third-order valence-corrected chi connectivity index (χ3v) is 3.79. The molecule has 7 nitrogen and oxygen atoms in total. The first-order valence-electron chi connectivity index (χ1n) is 6.97. The fourth-order valence-electron chi connectivity index (χ4n) is 2.56. The number of hydrogen-bond acceptors (Lipinski definition) is 7. The molecule has 0 spiro atoms. The average Bonchev–Trinajstić information content (AvgIpc) is 2.53. The second-order valence-corrected chi connectivity index (χ2v) is 4.94. The summed E-state index contributed by atoms with van der Waals surface area (Å²) in [6.07, 6.45) is 3.49. The van der Waals surface area contributed by atoms with Crippen molar-refractivity contribution in [3.63, 3.8) is 0 Å². The summed E-state index contributed by atoms with van der Waals surface area (Å²) in [6.45, 7) is 3.12. The minimum absolute atomic E-state index is 0.285. The van der Waals surface area contributed by atoms with E-state index in [1.54, 1.807) is 14.2 Å². The van der Waals surface area contributed by atoms with Gasteiger partial charge in [-0.1, -0.05) is 0 Å². The number of likely N-dealkylation sites (N-methyl/N-ethyl adjacent to an activating group) is 1. The van der Waals surface area contributed by atoms with E-state index in [4.69, 9.17) is 9.47 Å². The quantitative estimate of drug-likeness (QED) is 0.858. The third-order valence-electron chi connectivity index (χ3n) is 3.79. The zero-order valence-electron chi connectivity index (χ0n) is 12.6. The van der Waals surface area contributed by atoms with Gasteiger partial charge in [-0.3, -0.25) is 0 Å². The Kier molecular flexibility index (Phi) is 4.94. The van der Waals surface area contributed by atoms with Crippen molar-refractivity contribution in [2.24, 2.45) is 0 Å². The molecule has 7 heteroatoms. The molecule has 0 radical (unpaired) electrons. The molecule has 1 fully saturated rings. The van der Waals surface area contributed by atoms with Crippen LogP contribution in [0.2, 0.25) is 0 Å². The van der Waals surface area contributed by atoms with Gasteiger partial charge in [0.25, 0.3) is 0 Å². The number of anilines is 1. The van der Waals surface area contributed by atoms with Gasteiger partial charge in [-0.05, 0) is 33.2 Å². The van der Waals surface area contributed by atoms with E-state index in [1.807, 2.05) is 7.05 Å². The number of aromatic nitrogens is 3. The SMILES string of the molecule is CNC(C)C1CCCCN1c1nc(OC)nc(OC)n1. The zero-order chi connectivity index (χ0) is 14.5. The van der Waals surface area contributed by atoms with Gasteiger partial charge in [0.1, 0.15) is 0 Å². The van der Waals surface area contributed by atoms with Crippen LogP contribution < -0.4 is 19.7 Å². The molecule has 0 amide bonds. The molecule has 2 unspecified atom stereocenters. The number of hydrogen-bond donors (Lipinski definition) is 1. The zero-order valence-corrected chi connectivity index (χ0v) is 12.6. The van der Waals surface area contributed by atoms with Gasteiger partial charge in [0.05, 0.1) is 14.2 Å². The Morgan fingerprint density at radius 3 is 2.35 bits per heavy atom. The smallest absolute Gasteiger partial charge is 0.324 e. The first kappa shape index (κ1) is 14.8. The van der Waals surface area contributed by atoms with Gasteiger partial charge in [0, 0.05) is 18.6 Å². The fourth-order valence-corrected chi connectivity index (χ4v) is 2.56. The first-order valence-corrected chi connectivity index (χ1v) is 6.97. The number of nitrogens with zero attached hydrogens (tertiary/aromatic N) is 4. The van der Waals surface area contributed by atoms with Crippen molar-refractivity contribution in [1.29, 1.82) is 0 Å². The molecule has 2 heterocycles. The van der Waals surface area contributed by atoms with Gasteiger partial charge in [-0.15, -0.1) is 4.98 Å². The molecule has 1 aromatic heterocycles. The van der Waals surface area contributed by atoms with Gasteiger partial charge < -0.3 is 19.7 Å². The van der Waals surface area contributed by atoms with E-state index in [0.717, 1.165) is 19.4 Å². The second-order valence-electron chi connectivity index (χ2n) is 4.94. The molecule has 1 aromatic rings. The Bertz CT molecular complexity index is 421. The van der Waals surface area contributed by atoms with Crippen molar-refractivity contribution in [3.05, 3.63) is 0 Å². The molecule has 1 saturated heterocycles. The molecule has 0 aliphatic carbocycles. The van der Waals surface area contributed by atoms with Crippen LogP contribution in [0.1, 0.15) is 26.2 Å². The molecule has 20 heavy (non-hydrogen) atoms. The van der Waals surface area contributed by atoms with Gasteiger partial charge in [0.2, 0.25) is 5.95 Å². The van der Waals surface area contributed by atoms with E-state index >= 15 is 0 Å². The number of piperidine rings is 1. The van der Waals surface area contributed by atoms with Gasteiger partial charge >= 0.3 is 12.0 Å². The van der Waals surface area contributed by atoms with Gasteiger partial charge in [-0.2, -0.15) is 9.97 Å². The van der Waals surface area contributed by atoms with Crippen LogP contribution in [0.5, 0.6) is 12.0 Å². The van der Waals surface area contributed by atoms with Crippen LogP contribution in [0.15, 0.2) is 0 Å². The molecule has 0 aromatic carbocycles. The molecule has 1 N–H and O–H groups in total. The van der Waals surface area contributed by atoms with Crippen molar-refractivity contribution in [1.82, 2.24) is 20.3 Å². The number of methoxy groups -OCH3 is 2. The van der Waals surface area contributed by atoms with Crippen LogP contribution in [0.4, 0.5) is 5.95 Å². The lowest BCUT2D eigenvalue weighted by molar-refractivity contribution is 0.332. The van der Waals surface area contributed by atoms with Gasteiger partial charge in [0.15, 0.2) is 0 Å². The van der Waals surface area contributed by atoms with E-state index in [1.165, 1.54) is 6.42 Å². The topological polar surface area (TPSA) is 72.4 Å². The lowest BCUT2D eigenvalue weighted by atomic mass is 9.97. The molecule has 0 bridgehead atoms. The monoisotopic (exact) mass is 281 g/mol. The molecular weight excluding hydrogens is 258 g/mol. The summed E-state index contributed by atoms with van der Waals surface area (Å²) >= 11 is 0. The normalized spacial score (nSPS) is 20.6. The first-order chi connectivity index (χ1) is 9.69. The largest absolute Gasteiger partial charge is 0.467 e. The number of rotatable bonds is 5. The predicted molar refractivity (Wildman–Crippen MR) is 76.4 cm³/mol. The lowest BCUT2D eigenvalue weighted by Gasteiger charge is -2.39. The summed E-state index contributed by atoms with van der Waals surface area (Å²) < 4.78 is 10.3. The Morgan fingerprint density at radius 1 is 1.15 bits per heavy atom. The van der Waals surface area contributed by atoms with E-state index in [0.29, 0.717) is 18.0 Å². The summed E-state index contributed by atoms with van der Waals surface area (Å²) in [5, 5.41) is 3.32.